The summed E-state index contributed by atoms with van der Waals surface area (Å²) in [5.41, 5.74) is 8.21. The summed E-state index contributed by atoms with van der Waals surface area (Å²) in [5, 5.41) is 0. The minimum Gasteiger partial charge on any atom is -0.405 e. The molecule has 0 atom stereocenters. The molecule has 1 saturated heterocycles. The quantitative estimate of drug-likeness (QED) is 0.327. The van der Waals surface area contributed by atoms with Crippen LogP contribution in [-0.2, 0) is 9.31 Å². The second kappa shape index (κ2) is 9.17. The molecule has 5 rings (SSSR count). The van der Waals surface area contributed by atoms with Crippen LogP contribution in [0.4, 0.5) is 0 Å². The molecule has 0 amide bonds. The van der Waals surface area contributed by atoms with Gasteiger partial charge in [-0.25, -0.2) is 0 Å². The van der Waals surface area contributed by atoms with Crippen LogP contribution in [-0.4, -0.2) is 20.3 Å². The molecule has 4 aromatic carbocycles. The first kappa shape index (κ1) is 19.6. The van der Waals surface area contributed by atoms with E-state index in [2.05, 4.69) is 115 Å². The molecule has 1 aliphatic heterocycles. The van der Waals surface area contributed by atoms with Gasteiger partial charge in [0.2, 0.25) is 0 Å². The molecule has 150 valence electrons. The lowest BCUT2D eigenvalue weighted by molar-refractivity contribution is 0.365. The van der Waals surface area contributed by atoms with Crippen molar-refractivity contribution in [2.75, 3.05) is 13.2 Å². The van der Waals surface area contributed by atoms with E-state index in [0.717, 1.165) is 11.0 Å². The van der Waals surface area contributed by atoms with Gasteiger partial charge < -0.3 is 9.31 Å². The van der Waals surface area contributed by atoms with Gasteiger partial charge in [0, 0.05) is 0 Å². The summed E-state index contributed by atoms with van der Waals surface area (Å²) in [6, 6.07) is 40.4. The summed E-state index contributed by atoms with van der Waals surface area (Å²) in [4.78, 5) is 0. The lowest BCUT2D eigenvalue weighted by Gasteiger charge is -2.18. The maximum atomic E-state index is 5.68. The van der Waals surface area contributed by atoms with Crippen molar-refractivity contribution in [1.29, 1.82) is 0 Å². The Morgan fingerprint density at radius 1 is 0.452 bits per heavy atom. The Labute approximate surface area is 183 Å². The zero-order valence-electron chi connectivity index (χ0n) is 17.3. The molecule has 1 heterocycles. The Morgan fingerprint density at radius 3 is 1.19 bits per heavy atom. The van der Waals surface area contributed by atoms with E-state index < -0.39 is 0 Å². The van der Waals surface area contributed by atoms with Crippen molar-refractivity contribution in [2.24, 2.45) is 0 Å². The second-order valence-corrected chi connectivity index (χ2v) is 7.54. The average molecular weight is 402 g/mol. The smallest absolute Gasteiger partial charge is 0.405 e. The standard InChI is InChI=1S/C28H23BO2/c1-4-10-22(11-5-1)27(23-12-6-2-7-13-23)28(24-14-8-3-9-15-24)25-16-18-26(19-17-25)29-30-20-21-31-29/h1-19H,20-21H2. The summed E-state index contributed by atoms with van der Waals surface area (Å²) in [6.45, 7) is 1.29. The van der Waals surface area contributed by atoms with Gasteiger partial charge in [0.25, 0.3) is 0 Å². The van der Waals surface area contributed by atoms with Gasteiger partial charge in [-0.15, -0.1) is 0 Å². The van der Waals surface area contributed by atoms with Crippen LogP contribution in [0.2, 0.25) is 0 Å². The van der Waals surface area contributed by atoms with E-state index in [4.69, 9.17) is 9.31 Å². The van der Waals surface area contributed by atoms with E-state index in [-0.39, 0.29) is 7.12 Å². The van der Waals surface area contributed by atoms with E-state index in [1.807, 2.05) is 0 Å². The number of hydrogen-bond acceptors (Lipinski definition) is 2. The van der Waals surface area contributed by atoms with E-state index in [0.29, 0.717) is 13.2 Å². The van der Waals surface area contributed by atoms with E-state index in [1.54, 1.807) is 0 Å². The van der Waals surface area contributed by atoms with Gasteiger partial charge in [0.15, 0.2) is 0 Å². The largest absolute Gasteiger partial charge is 0.494 e. The summed E-state index contributed by atoms with van der Waals surface area (Å²) in [7, 11) is -0.263. The zero-order valence-corrected chi connectivity index (χ0v) is 17.3. The molecule has 3 heteroatoms. The van der Waals surface area contributed by atoms with Gasteiger partial charge in [0.1, 0.15) is 0 Å². The third-order valence-electron chi connectivity index (χ3n) is 5.53. The molecule has 0 saturated carbocycles. The van der Waals surface area contributed by atoms with Crippen molar-refractivity contribution in [1.82, 2.24) is 0 Å². The Bertz CT molecular complexity index is 1110. The van der Waals surface area contributed by atoms with Gasteiger partial charge in [-0.05, 0) is 38.9 Å². The summed E-state index contributed by atoms with van der Waals surface area (Å²) < 4.78 is 11.4. The van der Waals surface area contributed by atoms with Crippen molar-refractivity contribution in [2.45, 2.75) is 0 Å². The monoisotopic (exact) mass is 402 g/mol. The highest BCUT2D eigenvalue weighted by Crippen LogP contribution is 2.36. The molecule has 0 unspecified atom stereocenters. The molecule has 4 aromatic rings. The first-order valence-electron chi connectivity index (χ1n) is 10.6. The minimum atomic E-state index is -0.263. The molecule has 0 N–H and O–H groups in total. The Morgan fingerprint density at radius 2 is 0.806 bits per heavy atom. The maximum absolute atomic E-state index is 5.68. The normalized spacial score (nSPS) is 13.2. The van der Waals surface area contributed by atoms with Crippen LogP contribution >= 0.6 is 0 Å². The van der Waals surface area contributed by atoms with E-state index in [1.165, 1.54) is 27.8 Å². The van der Waals surface area contributed by atoms with Crippen molar-refractivity contribution in [3.05, 3.63) is 138 Å². The third kappa shape index (κ3) is 4.24. The van der Waals surface area contributed by atoms with Crippen LogP contribution < -0.4 is 5.46 Å². The van der Waals surface area contributed by atoms with Crippen molar-refractivity contribution >= 4 is 23.7 Å². The first-order chi connectivity index (χ1) is 15.4. The highest BCUT2D eigenvalue weighted by atomic mass is 16.6. The van der Waals surface area contributed by atoms with Crippen molar-refractivity contribution in [3.63, 3.8) is 0 Å². The van der Waals surface area contributed by atoms with Crippen molar-refractivity contribution < 1.29 is 9.31 Å². The Hall–Kier alpha value is -3.40. The summed E-state index contributed by atoms with van der Waals surface area (Å²) >= 11 is 0. The fourth-order valence-corrected chi connectivity index (χ4v) is 4.08. The van der Waals surface area contributed by atoms with E-state index in [9.17, 15) is 0 Å². The first-order valence-corrected chi connectivity index (χ1v) is 10.6. The van der Waals surface area contributed by atoms with Crippen LogP contribution in [0.3, 0.4) is 0 Å². The Balaban J connectivity index is 1.73. The van der Waals surface area contributed by atoms with Crippen LogP contribution in [0, 0.1) is 0 Å². The van der Waals surface area contributed by atoms with Crippen LogP contribution in [0.25, 0.3) is 11.1 Å². The van der Waals surface area contributed by atoms with Gasteiger partial charge in [0.05, 0.1) is 13.2 Å². The van der Waals surface area contributed by atoms with Gasteiger partial charge in [-0.3, -0.25) is 0 Å². The fraction of sp³-hybridized carbons (Fsp3) is 0.0714. The summed E-state index contributed by atoms with van der Waals surface area (Å²) in [6.07, 6.45) is 0. The average Bonchev–Trinajstić information content (AvgIpc) is 3.39. The molecule has 0 spiro atoms. The van der Waals surface area contributed by atoms with E-state index >= 15 is 0 Å². The maximum Gasteiger partial charge on any atom is 0.494 e. The Kier molecular flexibility index (Phi) is 5.79. The highest BCUT2D eigenvalue weighted by molar-refractivity contribution is 6.61. The molecule has 31 heavy (non-hydrogen) atoms. The molecule has 0 radical (unpaired) electrons. The van der Waals surface area contributed by atoms with Crippen LogP contribution in [0.1, 0.15) is 22.3 Å². The number of rotatable bonds is 5. The topological polar surface area (TPSA) is 18.5 Å². The molecule has 1 fully saturated rings. The molecular formula is C28H23BO2. The predicted molar refractivity (Wildman–Crippen MR) is 128 cm³/mol. The number of hydrogen-bond donors (Lipinski definition) is 0. The molecule has 1 aliphatic rings. The van der Waals surface area contributed by atoms with Gasteiger partial charge in [-0.2, -0.15) is 0 Å². The van der Waals surface area contributed by atoms with Gasteiger partial charge >= 0.3 is 7.12 Å². The summed E-state index contributed by atoms with van der Waals surface area (Å²) in [5.74, 6) is 0. The van der Waals surface area contributed by atoms with Crippen LogP contribution in [0.5, 0.6) is 0 Å². The number of benzene rings is 4. The lowest BCUT2D eigenvalue weighted by atomic mass is 9.78. The lowest BCUT2D eigenvalue weighted by Crippen LogP contribution is -2.31. The molecule has 0 aromatic heterocycles. The van der Waals surface area contributed by atoms with Crippen LogP contribution in [0.15, 0.2) is 115 Å². The second-order valence-electron chi connectivity index (χ2n) is 7.54. The molecule has 2 nitrogen and oxygen atoms in total. The molecule has 0 bridgehead atoms. The van der Waals surface area contributed by atoms with Gasteiger partial charge in [-0.1, -0.05) is 115 Å². The fourth-order valence-electron chi connectivity index (χ4n) is 4.08. The molecular weight excluding hydrogens is 379 g/mol. The molecule has 0 aliphatic carbocycles. The predicted octanol–water partition coefficient (Wildman–Crippen LogP) is 5.44. The van der Waals surface area contributed by atoms with Crippen molar-refractivity contribution in [3.8, 4) is 0 Å². The highest BCUT2D eigenvalue weighted by Gasteiger charge is 2.26. The SMILES string of the molecule is c1ccc(C(=C(c2ccccc2)c2ccc(B3OCCO3)cc2)c2ccccc2)cc1. The third-order valence-corrected chi connectivity index (χ3v) is 5.53. The minimum absolute atomic E-state index is 0.263. The zero-order chi connectivity index (χ0) is 20.9.